The van der Waals surface area contributed by atoms with E-state index in [0.717, 1.165) is 0 Å². The molecule has 2 aromatic rings. The van der Waals surface area contributed by atoms with Crippen LogP contribution >= 0.6 is 11.6 Å². The molecular weight excluding hydrogens is 272 g/mol. The maximum atomic E-state index is 11.3. The van der Waals surface area contributed by atoms with E-state index in [-0.39, 0.29) is 12.6 Å². The number of aromatic nitrogens is 3. The molecule has 3 N–H and O–H groups in total. The number of aromatic amines is 2. The molecule has 8 heteroatoms. The highest BCUT2D eigenvalue weighted by molar-refractivity contribution is 6.30. The molecule has 0 aliphatic carbocycles. The number of H-pyrrole nitrogens is 2. The summed E-state index contributed by atoms with van der Waals surface area (Å²) >= 11 is 5.81. The molecule has 0 saturated heterocycles. The molecule has 0 aromatic carbocycles. The van der Waals surface area contributed by atoms with Crippen LogP contribution in [0.15, 0.2) is 28.0 Å². The first-order valence-corrected chi connectivity index (χ1v) is 5.88. The number of halogens is 1. The Balaban J connectivity index is 1.93. The van der Waals surface area contributed by atoms with E-state index < -0.39 is 11.1 Å². The quantitative estimate of drug-likeness (QED) is 0.666. The summed E-state index contributed by atoms with van der Waals surface area (Å²) in [4.78, 5) is 31.2. The molecule has 7 nitrogen and oxygen atoms in total. The number of nitrogens with zero attached hydrogens (tertiary/aromatic N) is 1. The van der Waals surface area contributed by atoms with Gasteiger partial charge in [-0.3, -0.25) is 9.59 Å². The molecule has 3 heterocycles. The lowest BCUT2D eigenvalue weighted by molar-refractivity contribution is 0.282. The molecule has 0 saturated carbocycles. The van der Waals surface area contributed by atoms with E-state index in [4.69, 9.17) is 16.3 Å². The van der Waals surface area contributed by atoms with Gasteiger partial charge in [-0.15, -0.1) is 0 Å². The van der Waals surface area contributed by atoms with Crippen LogP contribution in [0.5, 0.6) is 5.75 Å². The Morgan fingerprint density at radius 2 is 2.21 bits per heavy atom. The molecule has 0 fully saturated rings. The second-order valence-corrected chi connectivity index (χ2v) is 4.47. The molecule has 0 spiro atoms. The molecule has 2 aromatic heterocycles. The standard InChI is InChI=1S/C11H9ClN4O3/c12-5-1-8-9(13-2-5)15-7(4-19-8)6-3-14-10(17)11(18)16-6/h1-3,7H,4H2,(H,13,15)(H,14,17)(H,16,18). The molecular formula is C11H9ClN4O3. The van der Waals surface area contributed by atoms with E-state index in [1.807, 2.05) is 0 Å². The summed E-state index contributed by atoms with van der Waals surface area (Å²) in [7, 11) is 0. The number of pyridine rings is 1. The average Bonchev–Trinajstić information content (AvgIpc) is 2.41. The molecule has 3 rings (SSSR count). The molecule has 1 aliphatic heterocycles. The van der Waals surface area contributed by atoms with Gasteiger partial charge in [0.2, 0.25) is 0 Å². The lowest BCUT2D eigenvalue weighted by atomic mass is 10.2. The highest BCUT2D eigenvalue weighted by Gasteiger charge is 2.22. The van der Waals surface area contributed by atoms with Crippen molar-refractivity contribution < 1.29 is 4.74 Å². The fourth-order valence-electron chi connectivity index (χ4n) is 1.81. The second-order valence-electron chi connectivity index (χ2n) is 4.04. The van der Waals surface area contributed by atoms with Gasteiger partial charge in [0.25, 0.3) is 0 Å². The smallest absolute Gasteiger partial charge is 0.313 e. The van der Waals surface area contributed by atoms with Crippen LogP contribution in [0.1, 0.15) is 11.7 Å². The zero-order chi connectivity index (χ0) is 13.4. The van der Waals surface area contributed by atoms with Crippen molar-refractivity contribution in [1.29, 1.82) is 0 Å². The van der Waals surface area contributed by atoms with Gasteiger partial charge in [0.1, 0.15) is 12.6 Å². The number of fused-ring (bicyclic) bond motifs is 1. The maximum absolute atomic E-state index is 11.3. The predicted octanol–water partition coefficient (Wildman–Crippen LogP) is 0.657. The van der Waals surface area contributed by atoms with Crippen molar-refractivity contribution in [3.63, 3.8) is 0 Å². The van der Waals surface area contributed by atoms with Crippen molar-refractivity contribution in [2.75, 3.05) is 11.9 Å². The van der Waals surface area contributed by atoms with Crippen LogP contribution < -0.4 is 21.2 Å². The van der Waals surface area contributed by atoms with E-state index in [9.17, 15) is 9.59 Å². The van der Waals surface area contributed by atoms with Gasteiger partial charge in [-0.1, -0.05) is 11.6 Å². The van der Waals surface area contributed by atoms with Crippen molar-refractivity contribution in [1.82, 2.24) is 15.0 Å². The van der Waals surface area contributed by atoms with Crippen molar-refractivity contribution in [3.05, 3.63) is 49.9 Å². The summed E-state index contributed by atoms with van der Waals surface area (Å²) in [5, 5.41) is 3.58. The van der Waals surface area contributed by atoms with Gasteiger partial charge in [0, 0.05) is 18.5 Å². The molecule has 0 amide bonds. The lowest BCUT2D eigenvalue weighted by Crippen LogP contribution is -2.33. The number of hydrogen-bond acceptors (Lipinski definition) is 5. The first-order chi connectivity index (χ1) is 9.13. The minimum absolute atomic E-state index is 0.289. The number of ether oxygens (including phenoxy) is 1. The van der Waals surface area contributed by atoms with Crippen molar-refractivity contribution in [3.8, 4) is 5.75 Å². The zero-order valence-electron chi connectivity index (χ0n) is 9.57. The Hall–Kier alpha value is -2.28. The maximum Gasteiger partial charge on any atom is 0.313 e. The van der Waals surface area contributed by atoms with Gasteiger partial charge >= 0.3 is 11.1 Å². The van der Waals surface area contributed by atoms with Gasteiger partial charge in [0.05, 0.1) is 10.7 Å². The SMILES string of the molecule is O=c1[nH]cc(C2COc3cc(Cl)cnc3N2)[nH]c1=O. The van der Waals surface area contributed by atoms with Gasteiger partial charge < -0.3 is 20.0 Å². The second kappa shape index (κ2) is 4.43. The van der Waals surface area contributed by atoms with Crippen molar-refractivity contribution in [2.24, 2.45) is 0 Å². The van der Waals surface area contributed by atoms with Crippen LogP contribution in [0.3, 0.4) is 0 Å². The van der Waals surface area contributed by atoms with E-state index in [0.29, 0.717) is 22.3 Å². The highest BCUT2D eigenvalue weighted by Crippen LogP contribution is 2.32. The highest BCUT2D eigenvalue weighted by atomic mass is 35.5. The van der Waals surface area contributed by atoms with Crippen molar-refractivity contribution >= 4 is 17.4 Å². The van der Waals surface area contributed by atoms with E-state index in [2.05, 4.69) is 20.3 Å². The Labute approximate surface area is 111 Å². The molecule has 1 unspecified atom stereocenters. The van der Waals surface area contributed by atoms with Gasteiger partial charge in [-0.25, -0.2) is 4.98 Å². The third-order valence-corrected chi connectivity index (χ3v) is 2.94. The number of rotatable bonds is 1. The van der Waals surface area contributed by atoms with Gasteiger partial charge in [-0.2, -0.15) is 0 Å². The topological polar surface area (TPSA) is 99.9 Å². The number of hydrogen-bond donors (Lipinski definition) is 3. The van der Waals surface area contributed by atoms with Gasteiger partial charge in [0.15, 0.2) is 11.6 Å². The van der Waals surface area contributed by atoms with Crippen LogP contribution in [-0.2, 0) is 0 Å². The summed E-state index contributed by atoms with van der Waals surface area (Å²) in [5.41, 5.74) is -0.869. The fourth-order valence-corrected chi connectivity index (χ4v) is 1.95. The van der Waals surface area contributed by atoms with Crippen LogP contribution in [0.2, 0.25) is 5.02 Å². The van der Waals surface area contributed by atoms with E-state index >= 15 is 0 Å². The summed E-state index contributed by atoms with van der Waals surface area (Å²) in [6.07, 6.45) is 2.93. The fraction of sp³-hybridized carbons (Fsp3) is 0.182. The number of nitrogens with one attached hydrogen (secondary N) is 3. The zero-order valence-corrected chi connectivity index (χ0v) is 10.3. The summed E-state index contributed by atoms with van der Waals surface area (Å²) in [6, 6.07) is 1.36. The Morgan fingerprint density at radius 3 is 3.00 bits per heavy atom. The third kappa shape index (κ3) is 2.19. The van der Waals surface area contributed by atoms with Crippen LogP contribution in [-0.4, -0.2) is 21.6 Å². The van der Waals surface area contributed by atoms with Crippen LogP contribution in [0, 0.1) is 0 Å². The summed E-state index contributed by atoms with van der Waals surface area (Å²) < 4.78 is 5.52. The normalized spacial score (nSPS) is 17.2. The molecule has 19 heavy (non-hydrogen) atoms. The van der Waals surface area contributed by atoms with Gasteiger partial charge in [-0.05, 0) is 0 Å². The van der Waals surface area contributed by atoms with E-state index in [1.54, 1.807) is 6.07 Å². The molecule has 98 valence electrons. The molecule has 0 radical (unpaired) electrons. The monoisotopic (exact) mass is 280 g/mol. The first-order valence-electron chi connectivity index (χ1n) is 5.50. The Kier molecular flexibility index (Phi) is 2.75. The summed E-state index contributed by atoms with van der Waals surface area (Å²) in [5.74, 6) is 1.09. The lowest BCUT2D eigenvalue weighted by Gasteiger charge is -2.26. The number of anilines is 1. The van der Waals surface area contributed by atoms with Crippen LogP contribution in [0.25, 0.3) is 0 Å². The van der Waals surface area contributed by atoms with Crippen LogP contribution in [0.4, 0.5) is 5.82 Å². The predicted molar refractivity (Wildman–Crippen MR) is 68.8 cm³/mol. The molecule has 1 aliphatic rings. The van der Waals surface area contributed by atoms with E-state index in [1.165, 1.54) is 12.4 Å². The molecule has 0 bridgehead atoms. The average molecular weight is 281 g/mol. The third-order valence-electron chi connectivity index (χ3n) is 2.73. The Morgan fingerprint density at radius 1 is 1.37 bits per heavy atom. The summed E-state index contributed by atoms with van der Waals surface area (Å²) in [6.45, 7) is 0.289. The first kappa shape index (κ1) is 11.8. The minimum atomic E-state index is -0.700. The largest absolute Gasteiger partial charge is 0.487 e. The minimum Gasteiger partial charge on any atom is -0.487 e. The Bertz CT molecular complexity index is 739. The molecule has 1 atom stereocenters. The van der Waals surface area contributed by atoms with Crippen molar-refractivity contribution in [2.45, 2.75) is 6.04 Å².